The Kier molecular flexibility index (Phi) is 1.92. The summed E-state index contributed by atoms with van der Waals surface area (Å²) in [6.07, 6.45) is 1.87. The van der Waals surface area contributed by atoms with Crippen molar-refractivity contribution in [3.05, 3.63) is 0 Å². The fourth-order valence-corrected chi connectivity index (χ4v) is 2.21. The summed E-state index contributed by atoms with van der Waals surface area (Å²) < 4.78 is 11.4. The predicted molar refractivity (Wildman–Crippen MR) is 47.0 cm³/mol. The maximum atomic E-state index is 5.69. The van der Waals surface area contributed by atoms with Gasteiger partial charge in [0.25, 0.3) is 0 Å². The first kappa shape index (κ1) is 8.52. The van der Waals surface area contributed by atoms with Crippen LogP contribution in [-0.4, -0.2) is 25.4 Å². The average Bonchev–Trinajstić information content (AvgIpc) is 2.37. The van der Waals surface area contributed by atoms with Gasteiger partial charge in [-0.05, 0) is 11.8 Å². The molecule has 0 saturated carbocycles. The smallest absolute Gasteiger partial charge is 0.0892 e. The van der Waals surface area contributed by atoms with E-state index in [1.807, 2.05) is 0 Å². The zero-order valence-corrected chi connectivity index (χ0v) is 8.17. The van der Waals surface area contributed by atoms with E-state index in [0.717, 1.165) is 19.6 Å². The predicted octanol–water partition coefficient (Wildman–Crippen LogP) is 1.84. The van der Waals surface area contributed by atoms with E-state index in [1.54, 1.807) is 0 Å². The molecule has 12 heavy (non-hydrogen) atoms. The van der Waals surface area contributed by atoms with Gasteiger partial charge in [-0.15, -0.1) is 0 Å². The lowest BCUT2D eigenvalue weighted by atomic mass is 9.78. The maximum Gasteiger partial charge on any atom is 0.0892 e. The van der Waals surface area contributed by atoms with Crippen LogP contribution in [0.4, 0.5) is 0 Å². The first-order valence-corrected chi connectivity index (χ1v) is 4.82. The average molecular weight is 170 g/mol. The fourth-order valence-electron chi connectivity index (χ4n) is 2.21. The second kappa shape index (κ2) is 2.71. The molecule has 0 N–H and O–H groups in total. The van der Waals surface area contributed by atoms with Gasteiger partial charge in [0.2, 0.25) is 0 Å². The third-order valence-corrected chi connectivity index (χ3v) is 3.08. The van der Waals surface area contributed by atoms with Crippen molar-refractivity contribution in [2.75, 3.05) is 13.2 Å². The molecule has 2 fully saturated rings. The minimum atomic E-state index is 0.323. The van der Waals surface area contributed by atoms with E-state index >= 15 is 0 Å². The molecule has 2 nitrogen and oxygen atoms in total. The molecule has 2 heterocycles. The third-order valence-electron chi connectivity index (χ3n) is 3.08. The maximum absolute atomic E-state index is 5.69. The summed E-state index contributed by atoms with van der Waals surface area (Å²) >= 11 is 0. The second-order valence-electron chi connectivity index (χ2n) is 4.97. The molecule has 2 aliphatic rings. The number of fused-ring (bicyclic) bond motifs is 1. The first-order chi connectivity index (χ1) is 5.59. The van der Waals surface area contributed by atoms with Crippen LogP contribution < -0.4 is 0 Å². The molecule has 0 unspecified atom stereocenters. The topological polar surface area (TPSA) is 18.5 Å². The van der Waals surface area contributed by atoms with Crippen LogP contribution in [0.15, 0.2) is 0 Å². The van der Waals surface area contributed by atoms with Gasteiger partial charge < -0.3 is 9.47 Å². The largest absolute Gasteiger partial charge is 0.375 e. The molecule has 0 aliphatic carbocycles. The van der Waals surface area contributed by atoms with Crippen molar-refractivity contribution < 1.29 is 9.47 Å². The SMILES string of the molecule is CC(C)(C)[C@H]1CO[C@@H]2CCO[C@@H]21. The Morgan fingerprint density at radius 2 is 1.92 bits per heavy atom. The highest BCUT2D eigenvalue weighted by atomic mass is 16.6. The molecule has 2 aliphatic heterocycles. The Bertz CT molecular complexity index is 171. The zero-order chi connectivity index (χ0) is 8.77. The van der Waals surface area contributed by atoms with Crippen molar-refractivity contribution in [3.63, 3.8) is 0 Å². The molecule has 0 spiro atoms. The van der Waals surface area contributed by atoms with Gasteiger partial charge in [-0.25, -0.2) is 0 Å². The normalized spacial score (nSPS) is 41.8. The summed E-state index contributed by atoms with van der Waals surface area (Å²) in [7, 11) is 0. The molecule has 2 rings (SSSR count). The van der Waals surface area contributed by atoms with Gasteiger partial charge in [-0.2, -0.15) is 0 Å². The quantitative estimate of drug-likeness (QED) is 0.552. The summed E-state index contributed by atoms with van der Waals surface area (Å²) in [5.74, 6) is 0.588. The van der Waals surface area contributed by atoms with Gasteiger partial charge >= 0.3 is 0 Å². The van der Waals surface area contributed by atoms with Gasteiger partial charge in [0.15, 0.2) is 0 Å². The summed E-state index contributed by atoms with van der Waals surface area (Å²) in [6, 6.07) is 0. The van der Waals surface area contributed by atoms with Crippen molar-refractivity contribution in [1.29, 1.82) is 0 Å². The molecule has 3 atom stereocenters. The molecular weight excluding hydrogens is 152 g/mol. The van der Waals surface area contributed by atoms with Crippen LogP contribution in [0.5, 0.6) is 0 Å². The summed E-state index contributed by atoms with van der Waals surface area (Å²) in [4.78, 5) is 0. The molecule has 2 saturated heterocycles. The van der Waals surface area contributed by atoms with Crippen LogP contribution in [0.3, 0.4) is 0 Å². The van der Waals surface area contributed by atoms with E-state index in [1.165, 1.54) is 0 Å². The Morgan fingerprint density at radius 3 is 2.58 bits per heavy atom. The van der Waals surface area contributed by atoms with Crippen molar-refractivity contribution >= 4 is 0 Å². The molecule has 70 valence electrons. The second-order valence-corrected chi connectivity index (χ2v) is 4.97. The van der Waals surface area contributed by atoms with E-state index in [-0.39, 0.29) is 0 Å². The lowest BCUT2D eigenvalue weighted by molar-refractivity contribution is 0.0346. The summed E-state index contributed by atoms with van der Waals surface area (Å²) in [6.45, 7) is 8.59. The van der Waals surface area contributed by atoms with Crippen LogP contribution in [-0.2, 0) is 9.47 Å². The number of ether oxygens (including phenoxy) is 2. The van der Waals surface area contributed by atoms with Crippen molar-refractivity contribution in [2.45, 2.75) is 39.4 Å². The Balaban J connectivity index is 2.09. The summed E-state index contributed by atoms with van der Waals surface area (Å²) in [5, 5.41) is 0. The molecule has 0 radical (unpaired) electrons. The summed E-state index contributed by atoms with van der Waals surface area (Å²) in [5.41, 5.74) is 0.323. The monoisotopic (exact) mass is 170 g/mol. The van der Waals surface area contributed by atoms with Gasteiger partial charge in [-0.1, -0.05) is 20.8 Å². The molecule has 0 aromatic carbocycles. The first-order valence-electron chi connectivity index (χ1n) is 4.82. The Hall–Kier alpha value is -0.0800. The van der Waals surface area contributed by atoms with Crippen LogP contribution >= 0.6 is 0 Å². The number of hydrogen-bond acceptors (Lipinski definition) is 2. The van der Waals surface area contributed by atoms with Crippen LogP contribution in [0.25, 0.3) is 0 Å². The highest BCUT2D eigenvalue weighted by Crippen LogP contribution is 2.40. The fraction of sp³-hybridized carbons (Fsp3) is 1.00. The van der Waals surface area contributed by atoms with E-state index in [4.69, 9.17) is 9.47 Å². The minimum Gasteiger partial charge on any atom is -0.375 e. The Labute approximate surface area is 74.2 Å². The highest BCUT2D eigenvalue weighted by Gasteiger charge is 2.46. The molecule has 0 amide bonds. The number of hydrogen-bond donors (Lipinski definition) is 0. The van der Waals surface area contributed by atoms with Crippen LogP contribution in [0, 0.1) is 11.3 Å². The molecule has 2 heteroatoms. The molecular formula is C10H18O2. The van der Waals surface area contributed by atoms with Gasteiger partial charge in [0.1, 0.15) is 0 Å². The van der Waals surface area contributed by atoms with Gasteiger partial charge in [0, 0.05) is 12.5 Å². The minimum absolute atomic E-state index is 0.323. The standard InChI is InChI=1S/C10H18O2/c1-10(2,3)7-6-12-8-4-5-11-9(7)8/h7-9H,4-6H2,1-3H3/t7-,8+,9+/m0/s1. The highest BCUT2D eigenvalue weighted by molar-refractivity contribution is 4.93. The lowest BCUT2D eigenvalue weighted by Gasteiger charge is -2.29. The van der Waals surface area contributed by atoms with Crippen molar-refractivity contribution in [1.82, 2.24) is 0 Å². The Morgan fingerprint density at radius 1 is 1.17 bits per heavy atom. The van der Waals surface area contributed by atoms with E-state index in [0.29, 0.717) is 23.5 Å². The third kappa shape index (κ3) is 1.27. The number of rotatable bonds is 0. The van der Waals surface area contributed by atoms with Crippen LogP contribution in [0.1, 0.15) is 27.2 Å². The molecule has 0 aromatic rings. The van der Waals surface area contributed by atoms with Gasteiger partial charge in [-0.3, -0.25) is 0 Å². The lowest BCUT2D eigenvalue weighted by Crippen LogP contribution is -2.32. The van der Waals surface area contributed by atoms with Crippen LogP contribution in [0.2, 0.25) is 0 Å². The van der Waals surface area contributed by atoms with E-state index in [9.17, 15) is 0 Å². The van der Waals surface area contributed by atoms with E-state index in [2.05, 4.69) is 20.8 Å². The molecule has 0 aromatic heterocycles. The van der Waals surface area contributed by atoms with E-state index < -0.39 is 0 Å². The van der Waals surface area contributed by atoms with Crippen molar-refractivity contribution in [3.8, 4) is 0 Å². The van der Waals surface area contributed by atoms with Gasteiger partial charge in [0.05, 0.1) is 18.8 Å². The zero-order valence-electron chi connectivity index (χ0n) is 8.17. The van der Waals surface area contributed by atoms with Crippen molar-refractivity contribution in [2.24, 2.45) is 11.3 Å². The molecule has 0 bridgehead atoms.